The third kappa shape index (κ3) is 4.81. The number of hydrogen-bond donors (Lipinski definition) is 1. The van der Waals surface area contributed by atoms with Crippen LogP contribution in [0.3, 0.4) is 0 Å². The Morgan fingerprint density at radius 1 is 1.33 bits per heavy atom. The summed E-state index contributed by atoms with van der Waals surface area (Å²) < 4.78 is 0. The summed E-state index contributed by atoms with van der Waals surface area (Å²) in [5.41, 5.74) is 1.13. The second-order valence-corrected chi connectivity index (χ2v) is 6.91. The van der Waals surface area contributed by atoms with E-state index in [0.29, 0.717) is 12.5 Å². The first-order valence-corrected chi connectivity index (χ1v) is 8.69. The van der Waals surface area contributed by atoms with Crippen LogP contribution in [0.5, 0.6) is 0 Å². The lowest BCUT2D eigenvalue weighted by Gasteiger charge is -2.38. The number of nitrogens with one attached hydrogen (secondary N) is 1. The van der Waals surface area contributed by atoms with Gasteiger partial charge in [-0.15, -0.1) is 0 Å². The maximum atomic E-state index is 12.6. The van der Waals surface area contributed by atoms with Gasteiger partial charge in [0, 0.05) is 39.6 Å². The number of benzene rings is 1. The molecule has 0 bridgehead atoms. The maximum absolute atomic E-state index is 12.6. The predicted molar refractivity (Wildman–Crippen MR) is 95.3 cm³/mol. The predicted octanol–water partition coefficient (Wildman–Crippen LogP) is 1.88. The topological polar surface area (TPSA) is 52.7 Å². The molecule has 5 nitrogen and oxygen atoms in total. The molecule has 0 aromatic heterocycles. The molecule has 2 rings (SSSR count). The van der Waals surface area contributed by atoms with E-state index in [2.05, 4.69) is 12.2 Å². The van der Waals surface area contributed by atoms with Crippen LogP contribution in [-0.2, 0) is 16.1 Å². The van der Waals surface area contributed by atoms with E-state index in [-0.39, 0.29) is 23.9 Å². The first-order chi connectivity index (χ1) is 11.4. The van der Waals surface area contributed by atoms with Crippen LogP contribution in [0.15, 0.2) is 30.3 Å². The molecule has 0 spiro atoms. The van der Waals surface area contributed by atoms with Crippen LogP contribution >= 0.6 is 0 Å². The summed E-state index contributed by atoms with van der Waals surface area (Å²) in [5, 5.41) is 3.47. The molecular weight excluding hydrogens is 302 g/mol. The van der Waals surface area contributed by atoms with E-state index in [4.69, 9.17) is 0 Å². The molecule has 1 aromatic rings. The van der Waals surface area contributed by atoms with Crippen LogP contribution in [-0.4, -0.2) is 53.8 Å². The van der Waals surface area contributed by atoms with Crippen molar-refractivity contribution in [2.24, 2.45) is 5.92 Å². The van der Waals surface area contributed by atoms with Crippen LogP contribution < -0.4 is 5.32 Å². The van der Waals surface area contributed by atoms with Crippen LogP contribution in [0.2, 0.25) is 0 Å². The molecule has 24 heavy (non-hydrogen) atoms. The van der Waals surface area contributed by atoms with Gasteiger partial charge in [-0.05, 0) is 24.8 Å². The Morgan fingerprint density at radius 2 is 2.00 bits per heavy atom. The fourth-order valence-electron chi connectivity index (χ4n) is 3.34. The van der Waals surface area contributed by atoms with Gasteiger partial charge in [0.15, 0.2) is 0 Å². The van der Waals surface area contributed by atoms with Gasteiger partial charge in [0.1, 0.15) is 0 Å². The van der Waals surface area contributed by atoms with Gasteiger partial charge in [-0.3, -0.25) is 9.59 Å². The van der Waals surface area contributed by atoms with Crippen molar-refractivity contribution < 1.29 is 9.59 Å². The highest BCUT2D eigenvalue weighted by molar-refractivity contribution is 5.81. The molecule has 1 aliphatic heterocycles. The lowest BCUT2D eigenvalue weighted by Crippen LogP contribution is -2.54. The van der Waals surface area contributed by atoms with E-state index >= 15 is 0 Å². The lowest BCUT2D eigenvalue weighted by atomic mass is 9.93. The average Bonchev–Trinajstić information content (AvgIpc) is 2.56. The van der Waals surface area contributed by atoms with Crippen molar-refractivity contribution in [3.63, 3.8) is 0 Å². The van der Waals surface area contributed by atoms with E-state index in [1.165, 1.54) is 0 Å². The molecule has 3 atom stereocenters. The summed E-state index contributed by atoms with van der Waals surface area (Å²) in [7, 11) is 1.84. The van der Waals surface area contributed by atoms with Gasteiger partial charge in [0.2, 0.25) is 11.8 Å². The van der Waals surface area contributed by atoms with Crippen molar-refractivity contribution in [2.45, 2.75) is 45.8 Å². The highest BCUT2D eigenvalue weighted by Gasteiger charge is 2.30. The molecule has 1 fully saturated rings. The van der Waals surface area contributed by atoms with Crippen molar-refractivity contribution in [1.82, 2.24) is 15.1 Å². The van der Waals surface area contributed by atoms with Crippen LogP contribution in [0.25, 0.3) is 0 Å². The lowest BCUT2D eigenvalue weighted by molar-refractivity contribution is -0.134. The summed E-state index contributed by atoms with van der Waals surface area (Å²) >= 11 is 0. The number of likely N-dealkylation sites (N-methyl/N-ethyl adjacent to an activating group) is 1. The minimum Gasteiger partial charge on any atom is -0.343 e. The van der Waals surface area contributed by atoms with E-state index < -0.39 is 0 Å². The second kappa shape index (κ2) is 8.29. The van der Waals surface area contributed by atoms with Crippen molar-refractivity contribution in [3.05, 3.63) is 35.9 Å². The van der Waals surface area contributed by atoms with E-state index in [0.717, 1.165) is 25.1 Å². The molecule has 2 amide bonds. The van der Waals surface area contributed by atoms with Crippen molar-refractivity contribution in [3.8, 4) is 0 Å². The standard InChI is InChI=1S/C19H29N3O2/c1-14-12-22(16(3)23)11-10-18(14)20-15(2)19(24)21(4)13-17-8-6-5-7-9-17/h5-9,14-15,18,20H,10-13H2,1-4H3/t14-,15-,18-/m0/s1. The van der Waals surface area contributed by atoms with Gasteiger partial charge in [-0.25, -0.2) is 0 Å². The largest absolute Gasteiger partial charge is 0.343 e. The van der Waals surface area contributed by atoms with E-state index in [9.17, 15) is 9.59 Å². The van der Waals surface area contributed by atoms with Crippen LogP contribution in [0.1, 0.15) is 32.8 Å². The molecule has 132 valence electrons. The molecule has 5 heteroatoms. The highest BCUT2D eigenvalue weighted by Crippen LogP contribution is 2.18. The van der Waals surface area contributed by atoms with Gasteiger partial charge in [0.25, 0.3) is 0 Å². The van der Waals surface area contributed by atoms with Crippen molar-refractivity contribution in [2.75, 3.05) is 20.1 Å². The number of piperidine rings is 1. The molecule has 0 radical (unpaired) electrons. The summed E-state index contributed by atoms with van der Waals surface area (Å²) in [6.45, 7) is 7.81. The summed E-state index contributed by atoms with van der Waals surface area (Å²) in [4.78, 5) is 27.7. The summed E-state index contributed by atoms with van der Waals surface area (Å²) in [6, 6.07) is 10.0. The molecule has 0 aliphatic carbocycles. The minimum atomic E-state index is -0.227. The molecule has 1 N–H and O–H groups in total. The quantitative estimate of drug-likeness (QED) is 0.896. The van der Waals surface area contributed by atoms with Gasteiger partial charge in [-0.2, -0.15) is 0 Å². The Balaban J connectivity index is 1.86. The SMILES string of the molecule is CC(=O)N1CC[C@H](N[C@@H](C)C(=O)N(C)Cc2ccccc2)[C@@H](C)C1. The maximum Gasteiger partial charge on any atom is 0.239 e. The fraction of sp³-hybridized carbons (Fsp3) is 0.579. The van der Waals surface area contributed by atoms with Gasteiger partial charge in [0.05, 0.1) is 6.04 Å². The summed E-state index contributed by atoms with van der Waals surface area (Å²) in [6.07, 6.45) is 0.890. The minimum absolute atomic E-state index is 0.0973. The first-order valence-electron chi connectivity index (χ1n) is 8.69. The number of rotatable bonds is 5. The normalized spacial score (nSPS) is 22.1. The molecular formula is C19H29N3O2. The Hall–Kier alpha value is -1.88. The van der Waals surface area contributed by atoms with Crippen LogP contribution in [0, 0.1) is 5.92 Å². The van der Waals surface area contributed by atoms with Crippen molar-refractivity contribution in [1.29, 1.82) is 0 Å². The van der Waals surface area contributed by atoms with Gasteiger partial charge in [-0.1, -0.05) is 37.3 Å². The highest BCUT2D eigenvalue weighted by atomic mass is 16.2. The monoisotopic (exact) mass is 331 g/mol. The molecule has 1 aliphatic rings. The number of nitrogens with zero attached hydrogens (tertiary/aromatic N) is 2. The Kier molecular flexibility index (Phi) is 6.37. The Morgan fingerprint density at radius 3 is 2.58 bits per heavy atom. The first kappa shape index (κ1) is 18.5. The fourth-order valence-corrected chi connectivity index (χ4v) is 3.34. The van der Waals surface area contributed by atoms with E-state index in [1.54, 1.807) is 11.8 Å². The third-order valence-corrected chi connectivity index (χ3v) is 4.82. The zero-order valence-corrected chi connectivity index (χ0v) is 15.2. The number of likely N-dealkylation sites (tertiary alicyclic amines) is 1. The van der Waals surface area contributed by atoms with Crippen molar-refractivity contribution >= 4 is 11.8 Å². The van der Waals surface area contributed by atoms with E-state index in [1.807, 2.05) is 49.2 Å². The van der Waals surface area contributed by atoms with Crippen LogP contribution in [0.4, 0.5) is 0 Å². The zero-order chi connectivity index (χ0) is 17.7. The molecule has 0 saturated carbocycles. The number of hydrogen-bond acceptors (Lipinski definition) is 3. The third-order valence-electron chi connectivity index (χ3n) is 4.82. The summed E-state index contributed by atoms with van der Waals surface area (Å²) in [5.74, 6) is 0.574. The number of carbonyl (C=O) groups is 2. The number of carbonyl (C=O) groups excluding carboxylic acids is 2. The number of amides is 2. The molecule has 0 unspecified atom stereocenters. The Labute approximate surface area is 145 Å². The molecule has 1 saturated heterocycles. The molecule has 1 aromatic carbocycles. The Bertz CT molecular complexity index is 561. The van der Waals surface area contributed by atoms with Gasteiger partial charge >= 0.3 is 0 Å². The smallest absolute Gasteiger partial charge is 0.239 e. The average molecular weight is 331 g/mol. The van der Waals surface area contributed by atoms with Gasteiger partial charge < -0.3 is 15.1 Å². The second-order valence-electron chi connectivity index (χ2n) is 6.91. The molecule has 1 heterocycles. The zero-order valence-electron chi connectivity index (χ0n) is 15.2.